The van der Waals surface area contributed by atoms with Gasteiger partial charge in [-0.2, -0.15) is 0 Å². The fraction of sp³-hybridized carbons (Fsp3) is 0.333. The quantitative estimate of drug-likeness (QED) is 0.806. The zero-order valence-corrected chi connectivity index (χ0v) is 13.3. The molecule has 1 aromatic rings. The van der Waals surface area contributed by atoms with E-state index in [0.717, 1.165) is 6.26 Å². The summed E-state index contributed by atoms with van der Waals surface area (Å²) in [7, 11) is -3.81. The summed E-state index contributed by atoms with van der Waals surface area (Å²) < 4.78 is 24.0. The van der Waals surface area contributed by atoms with Crippen molar-refractivity contribution in [1.29, 1.82) is 0 Å². The van der Waals surface area contributed by atoms with Crippen LogP contribution >= 0.6 is 0 Å². The average molecular weight is 339 g/mol. The van der Waals surface area contributed by atoms with E-state index in [-0.39, 0.29) is 24.3 Å². The van der Waals surface area contributed by atoms with E-state index in [9.17, 15) is 23.1 Å². The topological polar surface area (TPSA) is 112 Å². The van der Waals surface area contributed by atoms with Gasteiger partial charge in [0.15, 0.2) is 15.6 Å². The van der Waals surface area contributed by atoms with Crippen molar-refractivity contribution >= 4 is 21.7 Å². The molecule has 1 aromatic carbocycles. The zero-order valence-electron chi connectivity index (χ0n) is 12.5. The summed E-state index contributed by atoms with van der Waals surface area (Å²) in [5, 5.41) is 18.7. The lowest BCUT2D eigenvalue weighted by molar-refractivity contribution is -0.138. The number of aliphatic hydroxyl groups excluding tert-OH is 1. The number of carbonyl (C=O) groups is 2. The van der Waals surface area contributed by atoms with E-state index in [0.29, 0.717) is 5.56 Å². The number of sulfone groups is 1. The molecule has 1 aliphatic rings. The van der Waals surface area contributed by atoms with Gasteiger partial charge >= 0.3 is 5.97 Å². The van der Waals surface area contributed by atoms with E-state index in [1.807, 2.05) is 0 Å². The second kappa shape index (κ2) is 6.41. The number of amides is 1. The second-order valence-corrected chi connectivity index (χ2v) is 7.28. The SMILES string of the molecule is CS(=O)(=O)C1=C(O)C(=O)N(CCCC(=O)O)[C@H]1c1ccccc1. The normalized spacial score (nSPS) is 18.6. The number of hydrogen-bond donors (Lipinski definition) is 2. The molecule has 2 N–H and O–H groups in total. The Morgan fingerprint density at radius 1 is 1.26 bits per heavy atom. The lowest BCUT2D eigenvalue weighted by Gasteiger charge is -2.26. The number of benzene rings is 1. The number of carboxylic acid groups (broad SMARTS) is 1. The molecule has 23 heavy (non-hydrogen) atoms. The first-order chi connectivity index (χ1) is 10.7. The summed E-state index contributed by atoms with van der Waals surface area (Å²) in [6.45, 7) is 0.0355. The van der Waals surface area contributed by atoms with Gasteiger partial charge in [-0.3, -0.25) is 9.59 Å². The molecule has 1 atom stereocenters. The van der Waals surface area contributed by atoms with Gasteiger partial charge in [-0.15, -0.1) is 0 Å². The van der Waals surface area contributed by atoms with E-state index in [4.69, 9.17) is 5.11 Å². The van der Waals surface area contributed by atoms with Crippen LogP contribution in [0.15, 0.2) is 41.0 Å². The van der Waals surface area contributed by atoms with Crippen LogP contribution in [0.1, 0.15) is 24.4 Å². The van der Waals surface area contributed by atoms with Gasteiger partial charge in [0.05, 0.1) is 6.04 Å². The first-order valence-corrected chi connectivity index (χ1v) is 8.83. The summed E-state index contributed by atoms with van der Waals surface area (Å²) in [5.41, 5.74) is 0.542. The standard InChI is InChI=1S/C15H17NO6S/c1-23(21,22)14-12(10-6-3-2-4-7-10)16(15(20)13(14)19)9-5-8-11(17)18/h2-4,6-7,12,19H,5,8-9H2,1H3,(H,17,18)/t12-/m0/s1. The Kier molecular flexibility index (Phi) is 4.74. The highest BCUT2D eigenvalue weighted by molar-refractivity contribution is 7.94. The van der Waals surface area contributed by atoms with Gasteiger partial charge in [-0.25, -0.2) is 8.42 Å². The van der Waals surface area contributed by atoms with Crippen LogP contribution < -0.4 is 0 Å². The number of hydrogen-bond acceptors (Lipinski definition) is 5. The van der Waals surface area contributed by atoms with Crippen LogP contribution in [0.3, 0.4) is 0 Å². The van der Waals surface area contributed by atoms with Crippen molar-refractivity contribution in [3.05, 3.63) is 46.6 Å². The number of aliphatic hydroxyl groups is 1. The second-order valence-electron chi connectivity index (χ2n) is 5.29. The predicted molar refractivity (Wildman–Crippen MR) is 82.3 cm³/mol. The number of nitrogens with zero attached hydrogens (tertiary/aromatic N) is 1. The van der Waals surface area contributed by atoms with E-state index in [2.05, 4.69) is 0 Å². The molecular weight excluding hydrogens is 322 g/mol. The number of carbonyl (C=O) groups excluding carboxylic acids is 1. The van der Waals surface area contributed by atoms with Crippen LogP contribution in [0.2, 0.25) is 0 Å². The van der Waals surface area contributed by atoms with Crippen molar-refractivity contribution in [1.82, 2.24) is 4.90 Å². The first kappa shape index (κ1) is 17.0. The number of rotatable bonds is 6. The Morgan fingerprint density at radius 2 is 1.87 bits per heavy atom. The lowest BCUT2D eigenvalue weighted by atomic mass is 10.1. The minimum atomic E-state index is -3.81. The summed E-state index contributed by atoms with van der Waals surface area (Å²) in [4.78, 5) is 23.7. The van der Waals surface area contributed by atoms with Crippen LogP contribution in [-0.2, 0) is 19.4 Å². The average Bonchev–Trinajstić information content (AvgIpc) is 2.72. The van der Waals surface area contributed by atoms with Gasteiger partial charge in [0.25, 0.3) is 5.91 Å². The van der Waals surface area contributed by atoms with Crippen molar-refractivity contribution in [2.24, 2.45) is 0 Å². The predicted octanol–water partition coefficient (Wildman–Crippen LogP) is 1.25. The van der Waals surface area contributed by atoms with E-state index < -0.39 is 33.5 Å². The molecule has 0 bridgehead atoms. The third-order valence-corrected chi connectivity index (χ3v) is 4.78. The molecule has 7 nitrogen and oxygen atoms in total. The molecule has 2 rings (SSSR count). The lowest BCUT2D eigenvalue weighted by Crippen LogP contribution is -2.32. The third kappa shape index (κ3) is 3.53. The van der Waals surface area contributed by atoms with Crippen molar-refractivity contribution in [3.8, 4) is 0 Å². The van der Waals surface area contributed by atoms with Crippen LogP contribution in [-0.4, -0.2) is 48.2 Å². The highest BCUT2D eigenvalue weighted by Crippen LogP contribution is 2.39. The summed E-state index contributed by atoms with van der Waals surface area (Å²) in [6.07, 6.45) is 0.942. The van der Waals surface area contributed by atoms with Crippen molar-refractivity contribution in [2.75, 3.05) is 12.8 Å². The van der Waals surface area contributed by atoms with Gasteiger partial charge in [-0.1, -0.05) is 30.3 Å². The smallest absolute Gasteiger partial charge is 0.303 e. The molecule has 0 saturated carbocycles. The van der Waals surface area contributed by atoms with Crippen LogP contribution in [0, 0.1) is 0 Å². The largest absolute Gasteiger partial charge is 0.502 e. The zero-order chi connectivity index (χ0) is 17.2. The maximum absolute atomic E-state index is 12.2. The van der Waals surface area contributed by atoms with Gasteiger partial charge in [0.1, 0.15) is 4.91 Å². The highest BCUT2D eigenvalue weighted by Gasteiger charge is 2.44. The summed E-state index contributed by atoms with van der Waals surface area (Å²) in [6, 6.07) is 7.53. The van der Waals surface area contributed by atoms with Crippen LogP contribution in [0.25, 0.3) is 0 Å². The molecule has 0 fully saturated rings. The molecule has 124 valence electrons. The Morgan fingerprint density at radius 3 is 2.39 bits per heavy atom. The Hall–Kier alpha value is -2.35. The van der Waals surface area contributed by atoms with Crippen molar-refractivity contribution in [2.45, 2.75) is 18.9 Å². The molecule has 0 saturated heterocycles. The van der Waals surface area contributed by atoms with Gasteiger partial charge in [-0.05, 0) is 12.0 Å². The summed E-state index contributed by atoms with van der Waals surface area (Å²) in [5.74, 6) is -2.60. The fourth-order valence-electron chi connectivity index (χ4n) is 2.61. The molecule has 0 unspecified atom stereocenters. The van der Waals surface area contributed by atoms with Crippen molar-refractivity contribution < 1.29 is 28.2 Å². The maximum atomic E-state index is 12.2. The Balaban J connectivity index is 2.43. The molecule has 1 heterocycles. The third-order valence-electron chi connectivity index (χ3n) is 3.56. The highest BCUT2D eigenvalue weighted by atomic mass is 32.2. The molecule has 0 spiro atoms. The summed E-state index contributed by atoms with van der Waals surface area (Å²) >= 11 is 0. The Bertz CT molecular complexity index is 753. The molecule has 1 aliphatic heterocycles. The number of carboxylic acids is 1. The van der Waals surface area contributed by atoms with Crippen LogP contribution in [0.5, 0.6) is 0 Å². The van der Waals surface area contributed by atoms with Crippen molar-refractivity contribution in [3.63, 3.8) is 0 Å². The molecule has 0 radical (unpaired) electrons. The van der Waals surface area contributed by atoms with Gasteiger partial charge in [0, 0.05) is 19.2 Å². The Labute approximate surface area is 133 Å². The van der Waals surface area contributed by atoms with E-state index in [1.54, 1.807) is 30.3 Å². The minimum absolute atomic E-state index is 0.0355. The van der Waals surface area contributed by atoms with Gasteiger partial charge < -0.3 is 15.1 Å². The molecule has 1 amide bonds. The number of aliphatic carboxylic acids is 1. The first-order valence-electron chi connectivity index (χ1n) is 6.94. The minimum Gasteiger partial charge on any atom is -0.502 e. The molecular formula is C15H17NO6S. The van der Waals surface area contributed by atoms with E-state index in [1.165, 1.54) is 4.90 Å². The molecule has 0 aliphatic carbocycles. The van der Waals surface area contributed by atoms with E-state index >= 15 is 0 Å². The fourth-order valence-corrected chi connectivity index (χ4v) is 3.71. The maximum Gasteiger partial charge on any atom is 0.303 e. The molecule has 0 aromatic heterocycles. The molecule has 8 heteroatoms. The van der Waals surface area contributed by atoms with Crippen LogP contribution in [0.4, 0.5) is 0 Å². The monoisotopic (exact) mass is 339 g/mol. The van der Waals surface area contributed by atoms with Gasteiger partial charge in [0.2, 0.25) is 0 Å².